The highest BCUT2D eigenvalue weighted by molar-refractivity contribution is 5.96. The molecule has 3 aliphatic heterocycles. The lowest BCUT2D eigenvalue weighted by Crippen LogP contribution is -2.61. The number of aryl methyl sites for hydroxylation is 1. The Morgan fingerprint density at radius 3 is 2.78 bits per heavy atom. The quantitative estimate of drug-likeness (QED) is 0.835. The molecule has 0 radical (unpaired) electrons. The van der Waals surface area contributed by atoms with E-state index >= 15 is 0 Å². The van der Waals surface area contributed by atoms with Crippen LogP contribution in [0, 0.1) is 0 Å². The number of rotatable bonds is 3. The summed E-state index contributed by atoms with van der Waals surface area (Å²) in [4.78, 5) is 30.3. The van der Waals surface area contributed by atoms with Crippen molar-refractivity contribution in [2.75, 3.05) is 20.1 Å². The van der Waals surface area contributed by atoms with Crippen LogP contribution in [0.2, 0.25) is 0 Å². The molecular weight excluding hydrogens is 342 g/mol. The molecule has 3 aliphatic rings. The smallest absolute Gasteiger partial charge is 0.275 e. The van der Waals surface area contributed by atoms with Gasteiger partial charge in [-0.15, -0.1) is 0 Å². The van der Waals surface area contributed by atoms with Crippen LogP contribution in [0.5, 0.6) is 5.75 Å². The van der Waals surface area contributed by atoms with Gasteiger partial charge in [-0.2, -0.15) is 0 Å². The predicted molar refractivity (Wildman–Crippen MR) is 101 cm³/mol. The molecule has 4 heterocycles. The van der Waals surface area contributed by atoms with Gasteiger partial charge in [-0.3, -0.25) is 14.5 Å². The molecule has 0 bridgehead atoms. The minimum absolute atomic E-state index is 0.0736. The summed E-state index contributed by atoms with van der Waals surface area (Å²) in [5.74, 6) is 0.123. The maximum absolute atomic E-state index is 13.4. The number of ether oxygens (including phenoxy) is 1. The van der Waals surface area contributed by atoms with Crippen LogP contribution in [0.15, 0.2) is 41.2 Å². The van der Waals surface area contributed by atoms with Crippen molar-refractivity contribution in [1.29, 1.82) is 0 Å². The molecule has 0 spiro atoms. The van der Waals surface area contributed by atoms with E-state index in [0.29, 0.717) is 5.69 Å². The molecule has 0 N–H and O–H groups in total. The summed E-state index contributed by atoms with van der Waals surface area (Å²) in [5, 5.41) is 0. The Morgan fingerprint density at radius 2 is 1.96 bits per heavy atom. The summed E-state index contributed by atoms with van der Waals surface area (Å²) in [6.07, 6.45) is 2.81. The van der Waals surface area contributed by atoms with Crippen molar-refractivity contribution in [2.24, 2.45) is 0 Å². The van der Waals surface area contributed by atoms with E-state index in [0.717, 1.165) is 43.6 Å². The summed E-state index contributed by atoms with van der Waals surface area (Å²) in [6.45, 7) is 2.01. The second-order valence-corrected chi connectivity index (χ2v) is 7.67. The van der Waals surface area contributed by atoms with E-state index in [1.165, 1.54) is 0 Å². The van der Waals surface area contributed by atoms with Gasteiger partial charge in [0.25, 0.3) is 5.91 Å². The van der Waals surface area contributed by atoms with Crippen LogP contribution in [0.1, 0.15) is 40.6 Å². The second kappa shape index (κ2) is 6.23. The number of hydrogen-bond acceptors (Lipinski definition) is 4. The first-order valence-corrected chi connectivity index (χ1v) is 9.61. The maximum Gasteiger partial charge on any atom is 0.275 e. The average molecular weight is 365 g/mol. The van der Waals surface area contributed by atoms with Crippen molar-refractivity contribution in [3.05, 3.63) is 63.6 Å². The number of fused-ring (bicyclic) bond motifs is 2. The molecular formula is C21H23N3O3. The number of aromatic nitrogens is 1. The molecule has 0 aliphatic carbocycles. The van der Waals surface area contributed by atoms with Crippen molar-refractivity contribution in [3.8, 4) is 5.75 Å². The first kappa shape index (κ1) is 16.6. The largest absolute Gasteiger partial charge is 0.483 e. The molecule has 6 heteroatoms. The van der Waals surface area contributed by atoms with Gasteiger partial charge < -0.3 is 14.2 Å². The van der Waals surface area contributed by atoms with Crippen molar-refractivity contribution < 1.29 is 9.53 Å². The number of carbonyl (C=O) groups is 1. The molecule has 2 unspecified atom stereocenters. The van der Waals surface area contributed by atoms with Crippen LogP contribution in [0.4, 0.5) is 0 Å². The van der Waals surface area contributed by atoms with Crippen molar-refractivity contribution >= 4 is 5.91 Å². The summed E-state index contributed by atoms with van der Waals surface area (Å²) >= 11 is 0. The van der Waals surface area contributed by atoms with Crippen molar-refractivity contribution in [2.45, 2.75) is 38.1 Å². The van der Waals surface area contributed by atoms with Gasteiger partial charge in [-0.05, 0) is 31.9 Å². The monoisotopic (exact) mass is 365 g/mol. The van der Waals surface area contributed by atoms with Gasteiger partial charge in [-0.25, -0.2) is 0 Å². The Balaban J connectivity index is 1.59. The normalized spacial score (nSPS) is 23.9. The Morgan fingerprint density at radius 1 is 1.15 bits per heavy atom. The summed E-state index contributed by atoms with van der Waals surface area (Å²) in [5.41, 5.74) is 2.19. The standard InChI is InChI=1S/C21H23N3O3/c1-22-10-5-11-23-20(22)16-9-8-15-12-17(25)19(18(21(23)26)24(15)16)27-13-14-6-3-2-4-7-14/h2-4,6-7,12,16,20H,5,8-11,13H2,1H3. The second-order valence-electron chi connectivity index (χ2n) is 7.67. The Labute approximate surface area is 158 Å². The number of benzene rings is 1. The maximum atomic E-state index is 13.4. The Hall–Kier alpha value is -2.60. The average Bonchev–Trinajstić information content (AvgIpc) is 3.09. The lowest BCUT2D eigenvalue weighted by Gasteiger charge is -2.49. The zero-order valence-electron chi connectivity index (χ0n) is 15.4. The molecule has 6 nitrogen and oxygen atoms in total. The van der Waals surface area contributed by atoms with Crippen LogP contribution >= 0.6 is 0 Å². The Kier molecular flexibility index (Phi) is 3.82. The van der Waals surface area contributed by atoms with E-state index in [9.17, 15) is 9.59 Å². The summed E-state index contributed by atoms with van der Waals surface area (Å²) in [6, 6.07) is 11.6. The van der Waals surface area contributed by atoms with Gasteiger partial charge in [0.15, 0.2) is 11.4 Å². The predicted octanol–water partition coefficient (Wildman–Crippen LogP) is 2.03. The fourth-order valence-corrected chi connectivity index (χ4v) is 4.86. The molecule has 0 saturated carbocycles. The zero-order chi connectivity index (χ0) is 18.5. The van der Waals surface area contributed by atoms with Gasteiger partial charge in [0, 0.05) is 24.8 Å². The highest BCUT2D eigenvalue weighted by Crippen LogP contribution is 2.41. The molecule has 140 valence electrons. The summed E-state index contributed by atoms with van der Waals surface area (Å²) in [7, 11) is 2.09. The van der Waals surface area contributed by atoms with E-state index in [1.54, 1.807) is 6.07 Å². The number of likely N-dealkylation sites (N-methyl/N-ethyl adjacent to an activating group) is 1. The number of carbonyl (C=O) groups excluding carboxylic acids is 1. The summed E-state index contributed by atoms with van der Waals surface area (Å²) < 4.78 is 8.03. The first-order valence-electron chi connectivity index (χ1n) is 9.61. The van der Waals surface area contributed by atoms with Crippen LogP contribution in [0.3, 0.4) is 0 Å². The molecule has 27 heavy (non-hydrogen) atoms. The van der Waals surface area contributed by atoms with Crippen LogP contribution in [-0.4, -0.2) is 46.6 Å². The van der Waals surface area contributed by atoms with Gasteiger partial charge >= 0.3 is 0 Å². The van der Waals surface area contributed by atoms with Gasteiger partial charge in [0.05, 0.1) is 6.04 Å². The molecule has 1 fully saturated rings. The fraction of sp³-hybridized carbons (Fsp3) is 0.429. The number of amides is 1. The SMILES string of the molecule is CN1CCCN2C(=O)c3c(OCc4ccccc4)c(=O)cc4n3C(CC4)C12. The van der Waals surface area contributed by atoms with E-state index in [-0.39, 0.29) is 35.9 Å². The topological polar surface area (TPSA) is 54.8 Å². The minimum Gasteiger partial charge on any atom is -0.483 e. The van der Waals surface area contributed by atoms with Crippen molar-refractivity contribution in [1.82, 2.24) is 14.4 Å². The highest BCUT2D eigenvalue weighted by Gasteiger charge is 2.47. The molecule has 1 amide bonds. The van der Waals surface area contributed by atoms with Crippen LogP contribution < -0.4 is 10.2 Å². The minimum atomic E-state index is -0.190. The third kappa shape index (κ3) is 2.51. The molecule has 5 rings (SSSR count). The van der Waals surface area contributed by atoms with Crippen molar-refractivity contribution in [3.63, 3.8) is 0 Å². The van der Waals surface area contributed by atoms with Crippen LogP contribution in [0.25, 0.3) is 0 Å². The van der Waals surface area contributed by atoms with E-state index in [1.807, 2.05) is 35.2 Å². The van der Waals surface area contributed by atoms with E-state index < -0.39 is 0 Å². The number of pyridine rings is 1. The van der Waals surface area contributed by atoms with Crippen LogP contribution in [-0.2, 0) is 13.0 Å². The molecule has 1 aromatic heterocycles. The lowest BCUT2D eigenvalue weighted by molar-refractivity contribution is -0.0152. The van der Waals surface area contributed by atoms with Gasteiger partial charge in [0.2, 0.25) is 5.43 Å². The lowest BCUT2D eigenvalue weighted by atomic mass is 10.0. The zero-order valence-corrected chi connectivity index (χ0v) is 15.4. The number of hydrogen-bond donors (Lipinski definition) is 0. The molecule has 1 aromatic carbocycles. The fourth-order valence-electron chi connectivity index (χ4n) is 4.86. The highest BCUT2D eigenvalue weighted by atomic mass is 16.5. The number of nitrogens with zero attached hydrogens (tertiary/aromatic N) is 3. The Bertz CT molecular complexity index is 953. The third-order valence-corrected chi connectivity index (χ3v) is 6.03. The molecule has 2 aromatic rings. The molecule has 1 saturated heterocycles. The molecule has 2 atom stereocenters. The van der Waals surface area contributed by atoms with Gasteiger partial charge in [0.1, 0.15) is 12.8 Å². The first-order chi connectivity index (χ1) is 13.1. The third-order valence-electron chi connectivity index (χ3n) is 6.03. The van der Waals surface area contributed by atoms with Gasteiger partial charge in [-0.1, -0.05) is 30.3 Å². The van der Waals surface area contributed by atoms with E-state index in [4.69, 9.17) is 4.74 Å². The van der Waals surface area contributed by atoms with E-state index in [2.05, 4.69) is 16.5 Å².